The van der Waals surface area contributed by atoms with Crippen LogP contribution in [0, 0.1) is 0 Å². The molecule has 1 nitrogen and oxygen atoms in total. The predicted octanol–water partition coefficient (Wildman–Crippen LogP) is 5.53. The normalized spacial score (nSPS) is 13.3. The number of rotatable bonds is 2. The highest BCUT2D eigenvalue weighted by atomic mass is 79.9. The van der Waals surface area contributed by atoms with Gasteiger partial charge in [0.15, 0.2) is 0 Å². The number of hydrogen-bond acceptors (Lipinski definition) is 0. The highest BCUT2D eigenvalue weighted by molar-refractivity contribution is 9.10. The van der Waals surface area contributed by atoms with Crippen molar-refractivity contribution in [3.05, 3.63) is 46.9 Å². The first-order valence-corrected chi connectivity index (χ1v) is 7.20. The molecule has 3 rings (SSSR count). The van der Waals surface area contributed by atoms with Crippen molar-refractivity contribution in [2.24, 2.45) is 0 Å². The lowest BCUT2D eigenvalue weighted by atomic mass is 10.2. The summed E-state index contributed by atoms with van der Waals surface area (Å²) in [6, 6.07) is 15.7. The largest absolute Gasteiger partial charge is 0.338 e. The minimum absolute atomic E-state index is 0.515. The minimum Gasteiger partial charge on any atom is -0.338 e. The Morgan fingerprint density at radius 1 is 1.06 bits per heavy atom. The summed E-state index contributed by atoms with van der Waals surface area (Å²) in [5, 5.41) is 2.69. The van der Waals surface area contributed by atoms with E-state index in [1.165, 1.54) is 21.8 Å². The smallest absolute Gasteiger partial charge is 0.0505 e. The van der Waals surface area contributed by atoms with Gasteiger partial charge in [-0.25, -0.2) is 0 Å². The van der Waals surface area contributed by atoms with Crippen LogP contribution in [0.5, 0.6) is 0 Å². The van der Waals surface area contributed by atoms with E-state index in [0.717, 1.165) is 10.9 Å². The van der Waals surface area contributed by atoms with E-state index in [9.17, 15) is 0 Å². The molecule has 1 heterocycles. The molecule has 1 unspecified atom stereocenters. The molecule has 0 N–H and O–H groups in total. The highest BCUT2D eigenvalue weighted by Crippen LogP contribution is 2.33. The van der Waals surface area contributed by atoms with E-state index in [0.29, 0.717) is 6.04 Å². The number of benzene rings is 2. The van der Waals surface area contributed by atoms with Gasteiger partial charge >= 0.3 is 0 Å². The summed E-state index contributed by atoms with van der Waals surface area (Å²) in [5.41, 5.74) is 2.65. The van der Waals surface area contributed by atoms with Crippen LogP contribution in [-0.2, 0) is 0 Å². The molecule has 0 bridgehead atoms. The summed E-state index contributed by atoms with van der Waals surface area (Å²) in [6.45, 7) is 4.52. The lowest BCUT2D eigenvalue weighted by Gasteiger charge is -2.14. The molecule has 0 radical (unpaired) electrons. The molecule has 18 heavy (non-hydrogen) atoms. The maximum absolute atomic E-state index is 3.58. The van der Waals surface area contributed by atoms with Gasteiger partial charge in [-0.15, -0.1) is 0 Å². The van der Waals surface area contributed by atoms with Gasteiger partial charge in [-0.3, -0.25) is 0 Å². The Hall–Kier alpha value is -1.28. The van der Waals surface area contributed by atoms with E-state index in [1.54, 1.807) is 0 Å². The monoisotopic (exact) mass is 301 g/mol. The van der Waals surface area contributed by atoms with Gasteiger partial charge < -0.3 is 4.57 Å². The summed E-state index contributed by atoms with van der Waals surface area (Å²) in [5.74, 6) is 0. The molecule has 0 aliphatic carbocycles. The number of nitrogens with zero attached hydrogens (tertiary/aromatic N) is 1. The van der Waals surface area contributed by atoms with Gasteiger partial charge in [0, 0.05) is 26.8 Å². The van der Waals surface area contributed by atoms with E-state index in [-0.39, 0.29) is 0 Å². The molecule has 92 valence electrons. The van der Waals surface area contributed by atoms with Crippen molar-refractivity contribution in [3.63, 3.8) is 0 Å². The lowest BCUT2D eigenvalue weighted by molar-refractivity contribution is 0.563. The van der Waals surface area contributed by atoms with Crippen molar-refractivity contribution >= 4 is 37.7 Å². The minimum atomic E-state index is 0.515. The van der Waals surface area contributed by atoms with Crippen LogP contribution in [0.3, 0.4) is 0 Å². The Balaban J connectivity index is 2.50. The predicted molar refractivity (Wildman–Crippen MR) is 82.1 cm³/mol. The molecule has 0 saturated heterocycles. The molecule has 0 saturated carbocycles. The molecule has 0 spiro atoms. The van der Waals surface area contributed by atoms with Crippen molar-refractivity contribution < 1.29 is 0 Å². The molecule has 2 aromatic carbocycles. The Morgan fingerprint density at radius 3 is 2.56 bits per heavy atom. The third-order valence-electron chi connectivity index (χ3n) is 3.70. The second kappa shape index (κ2) is 4.43. The number of fused-ring (bicyclic) bond motifs is 3. The summed E-state index contributed by atoms with van der Waals surface area (Å²) < 4.78 is 3.59. The second-order valence-corrected chi connectivity index (χ2v) is 5.72. The summed E-state index contributed by atoms with van der Waals surface area (Å²) in [4.78, 5) is 0. The van der Waals surface area contributed by atoms with Crippen molar-refractivity contribution in [3.8, 4) is 0 Å². The van der Waals surface area contributed by atoms with Crippen molar-refractivity contribution in [1.82, 2.24) is 4.57 Å². The van der Waals surface area contributed by atoms with Gasteiger partial charge in [0.2, 0.25) is 0 Å². The highest BCUT2D eigenvalue weighted by Gasteiger charge is 2.13. The molecule has 1 atom stereocenters. The van der Waals surface area contributed by atoms with Crippen LogP contribution in [0.2, 0.25) is 0 Å². The molecule has 0 aliphatic heterocycles. The van der Waals surface area contributed by atoms with Crippen molar-refractivity contribution in [2.75, 3.05) is 0 Å². The molecule has 2 heteroatoms. The fraction of sp³-hybridized carbons (Fsp3) is 0.250. The average Bonchev–Trinajstić information content (AvgIpc) is 2.71. The van der Waals surface area contributed by atoms with Gasteiger partial charge in [-0.2, -0.15) is 0 Å². The zero-order valence-corrected chi connectivity index (χ0v) is 12.2. The van der Waals surface area contributed by atoms with Gasteiger partial charge in [0.1, 0.15) is 0 Å². The zero-order valence-electron chi connectivity index (χ0n) is 10.7. The number of hydrogen-bond donors (Lipinski definition) is 0. The topological polar surface area (TPSA) is 4.93 Å². The SMILES string of the molecule is CCC(C)n1c2ccccc2c2ccc(Br)cc21. The Kier molecular flexibility index (Phi) is 2.90. The summed E-state index contributed by atoms with van der Waals surface area (Å²) >= 11 is 3.58. The number of para-hydroxylation sites is 1. The van der Waals surface area contributed by atoms with Crippen molar-refractivity contribution in [1.29, 1.82) is 0 Å². The van der Waals surface area contributed by atoms with Gasteiger partial charge in [-0.1, -0.05) is 47.1 Å². The molecule has 0 amide bonds. The first-order chi connectivity index (χ1) is 8.72. The fourth-order valence-corrected chi connectivity index (χ4v) is 2.98. The summed E-state index contributed by atoms with van der Waals surface area (Å²) in [7, 11) is 0. The van der Waals surface area contributed by atoms with Crippen LogP contribution in [0.1, 0.15) is 26.3 Å². The van der Waals surface area contributed by atoms with Crippen LogP contribution in [0.15, 0.2) is 46.9 Å². The van der Waals surface area contributed by atoms with Gasteiger partial charge in [0.25, 0.3) is 0 Å². The summed E-state index contributed by atoms with van der Waals surface area (Å²) in [6.07, 6.45) is 1.14. The van der Waals surface area contributed by atoms with Crippen LogP contribution < -0.4 is 0 Å². The molecular weight excluding hydrogens is 286 g/mol. The third kappa shape index (κ3) is 1.67. The molecule has 0 fully saturated rings. The van der Waals surface area contributed by atoms with E-state index in [4.69, 9.17) is 0 Å². The van der Waals surface area contributed by atoms with E-state index in [1.807, 2.05) is 0 Å². The molecular formula is C16H16BrN. The van der Waals surface area contributed by atoms with Crippen LogP contribution in [-0.4, -0.2) is 4.57 Å². The van der Waals surface area contributed by atoms with E-state index in [2.05, 4.69) is 76.8 Å². The number of halogens is 1. The maximum atomic E-state index is 3.58. The number of aromatic nitrogens is 1. The second-order valence-electron chi connectivity index (χ2n) is 4.81. The Bertz CT molecular complexity index is 712. The first-order valence-electron chi connectivity index (χ1n) is 6.40. The van der Waals surface area contributed by atoms with Crippen LogP contribution in [0.25, 0.3) is 21.8 Å². The van der Waals surface area contributed by atoms with Crippen LogP contribution >= 0.6 is 15.9 Å². The Labute approximate surface area is 116 Å². The fourth-order valence-electron chi connectivity index (χ4n) is 2.63. The third-order valence-corrected chi connectivity index (χ3v) is 4.20. The maximum Gasteiger partial charge on any atom is 0.0505 e. The van der Waals surface area contributed by atoms with Gasteiger partial charge in [0.05, 0.1) is 5.52 Å². The lowest BCUT2D eigenvalue weighted by Crippen LogP contribution is -2.02. The molecule has 0 aliphatic rings. The van der Waals surface area contributed by atoms with Crippen molar-refractivity contribution in [2.45, 2.75) is 26.3 Å². The quantitative estimate of drug-likeness (QED) is 0.586. The van der Waals surface area contributed by atoms with E-state index >= 15 is 0 Å². The van der Waals surface area contributed by atoms with E-state index < -0.39 is 0 Å². The Morgan fingerprint density at radius 2 is 1.78 bits per heavy atom. The average molecular weight is 302 g/mol. The molecule has 1 aromatic heterocycles. The van der Waals surface area contributed by atoms with Crippen LogP contribution in [0.4, 0.5) is 0 Å². The standard InChI is InChI=1S/C16H16BrN/c1-3-11(2)18-15-7-5-4-6-13(15)14-9-8-12(17)10-16(14)18/h4-11H,3H2,1-2H3. The molecule has 3 aromatic rings. The van der Waals surface area contributed by atoms with Gasteiger partial charge in [-0.05, 0) is 31.5 Å². The zero-order chi connectivity index (χ0) is 12.7. The first kappa shape index (κ1) is 11.8.